The second-order valence-electron chi connectivity index (χ2n) is 11.6. The van der Waals surface area contributed by atoms with Gasteiger partial charge in [-0.1, -0.05) is 97.1 Å². The Morgan fingerprint density at radius 3 is 1.33 bits per heavy atom. The monoisotopic (exact) mass is 605 g/mol. The van der Waals surface area contributed by atoms with Crippen LogP contribution in [0, 0.1) is 0 Å². The van der Waals surface area contributed by atoms with E-state index in [2.05, 4.69) is 97.1 Å². The van der Waals surface area contributed by atoms with Crippen LogP contribution in [0.4, 0.5) is 0 Å². The van der Waals surface area contributed by atoms with Gasteiger partial charge in [0, 0.05) is 22.3 Å². The smallest absolute Gasteiger partial charge is 0.384 e. The number of hydrogen-bond acceptors (Lipinski definition) is 5. The molecule has 0 saturated heterocycles. The predicted molar refractivity (Wildman–Crippen MR) is 178 cm³/mol. The van der Waals surface area contributed by atoms with Crippen molar-refractivity contribution in [3.63, 3.8) is 0 Å². The summed E-state index contributed by atoms with van der Waals surface area (Å²) >= 11 is 0. The van der Waals surface area contributed by atoms with Crippen molar-refractivity contribution in [2.75, 3.05) is 14.1 Å². The van der Waals surface area contributed by atoms with Gasteiger partial charge in [0.2, 0.25) is 0 Å². The summed E-state index contributed by atoms with van der Waals surface area (Å²) in [6.45, 7) is 0. The lowest BCUT2D eigenvalue weighted by Crippen LogP contribution is -2.38. The van der Waals surface area contributed by atoms with E-state index in [0.717, 1.165) is 79.0 Å². The molecular formula is C39H28NO4P. The third-order valence-corrected chi connectivity index (χ3v) is 10.2. The van der Waals surface area contributed by atoms with Crippen LogP contribution < -0.4 is 18.5 Å². The fourth-order valence-corrected chi connectivity index (χ4v) is 8.06. The molecule has 0 amide bonds. The number of para-hydroxylation sites is 2. The molecule has 0 bridgehead atoms. The van der Waals surface area contributed by atoms with Gasteiger partial charge in [0.05, 0.1) is 16.5 Å². The molecule has 0 aromatic heterocycles. The zero-order valence-electron chi connectivity index (χ0n) is 24.7. The van der Waals surface area contributed by atoms with Crippen molar-refractivity contribution in [2.24, 2.45) is 0 Å². The molecule has 9 rings (SSSR count). The molecule has 3 aliphatic rings. The fourth-order valence-electron chi connectivity index (χ4n) is 7.00. The number of ether oxygens (including phenoxy) is 2. The minimum Gasteiger partial charge on any atom is -0.457 e. The van der Waals surface area contributed by atoms with E-state index in [0.29, 0.717) is 0 Å². The molecule has 0 fully saturated rings. The maximum absolute atomic E-state index is 7.15. The highest BCUT2D eigenvalue weighted by Gasteiger charge is 2.56. The van der Waals surface area contributed by atoms with E-state index in [-0.39, 0.29) is 0 Å². The summed E-state index contributed by atoms with van der Waals surface area (Å²) in [5.74, 6) is 4.56. The number of benzene rings is 6. The van der Waals surface area contributed by atoms with Crippen LogP contribution in [0.25, 0.3) is 22.3 Å². The first kappa shape index (κ1) is 26.3. The molecule has 0 unspecified atom stereocenters. The van der Waals surface area contributed by atoms with Crippen LogP contribution >= 0.6 is 8.53 Å². The van der Waals surface area contributed by atoms with E-state index >= 15 is 0 Å². The topological polar surface area (TPSA) is 40.2 Å². The highest BCUT2D eigenvalue weighted by Crippen LogP contribution is 2.69. The normalized spacial score (nSPS) is 15.0. The molecule has 0 aliphatic carbocycles. The summed E-state index contributed by atoms with van der Waals surface area (Å²) in [4.78, 5) is 0. The third-order valence-electron chi connectivity index (χ3n) is 8.85. The third kappa shape index (κ3) is 3.75. The van der Waals surface area contributed by atoms with E-state index in [1.54, 1.807) is 0 Å². The van der Waals surface area contributed by atoms with Gasteiger partial charge >= 0.3 is 8.53 Å². The summed E-state index contributed by atoms with van der Waals surface area (Å²) in [5.41, 5.74) is 7.10. The van der Waals surface area contributed by atoms with Crippen LogP contribution in [0.2, 0.25) is 0 Å². The standard InChI is InChI=1S/C39H28NO4P/c1-40(2)45-43-37-27(25-13-5-3-6-14-25)21-23-33-35(37)39(29-17-9-11-19-31(29)41-33)30-18-10-12-20-32(30)42-34-24-22-28(38(44-45)36(34)39)26-15-7-4-8-16-26/h3-24H,1-2H3. The Morgan fingerprint density at radius 2 is 0.889 bits per heavy atom. The Morgan fingerprint density at radius 1 is 0.467 bits per heavy atom. The molecule has 45 heavy (non-hydrogen) atoms. The highest BCUT2D eigenvalue weighted by atomic mass is 31.2. The average molecular weight is 606 g/mol. The average Bonchev–Trinajstić information content (AvgIpc) is 3.07. The van der Waals surface area contributed by atoms with Crippen LogP contribution in [0.1, 0.15) is 22.3 Å². The van der Waals surface area contributed by atoms with E-state index in [1.807, 2.05) is 55.2 Å². The SMILES string of the molecule is CN(C)P1Oc2c(-c3ccccc3)ccc3c2C2(c4ccccc4O3)c3ccccc3Oc3ccc(-c4ccccc4)c(c32)O1. The van der Waals surface area contributed by atoms with Gasteiger partial charge in [-0.05, 0) is 61.6 Å². The lowest BCUT2D eigenvalue weighted by atomic mass is 9.61. The van der Waals surface area contributed by atoms with Gasteiger partial charge in [0.25, 0.3) is 0 Å². The van der Waals surface area contributed by atoms with Gasteiger partial charge in [0.15, 0.2) is 0 Å². The van der Waals surface area contributed by atoms with Gasteiger partial charge < -0.3 is 18.5 Å². The zero-order chi connectivity index (χ0) is 30.1. The van der Waals surface area contributed by atoms with E-state index in [9.17, 15) is 0 Å². The second-order valence-corrected chi connectivity index (χ2v) is 13.2. The first-order chi connectivity index (χ1) is 22.1. The molecule has 6 aromatic rings. The molecule has 5 nitrogen and oxygen atoms in total. The Labute approximate surface area is 263 Å². The van der Waals surface area contributed by atoms with Crippen molar-refractivity contribution in [1.29, 1.82) is 0 Å². The van der Waals surface area contributed by atoms with Crippen LogP contribution in [-0.2, 0) is 5.41 Å². The molecule has 218 valence electrons. The summed E-state index contributed by atoms with van der Waals surface area (Å²) in [6, 6.07) is 45.8. The van der Waals surface area contributed by atoms with Crippen molar-refractivity contribution in [3.05, 3.63) is 156 Å². The molecule has 0 saturated carbocycles. The Kier molecular flexibility index (Phi) is 5.83. The Balaban J connectivity index is 1.51. The van der Waals surface area contributed by atoms with Crippen molar-refractivity contribution >= 4 is 8.53 Å². The number of nitrogens with zero attached hydrogens (tertiary/aromatic N) is 1. The van der Waals surface area contributed by atoms with Gasteiger partial charge in [-0.2, -0.15) is 0 Å². The lowest BCUT2D eigenvalue weighted by Gasteiger charge is -2.47. The van der Waals surface area contributed by atoms with E-state index < -0.39 is 13.9 Å². The predicted octanol–water partition coefficient (Wildman–Crippen LogP) is 10.2. The molecule has 1 spiro atoms. The minimum atomic E-state index is -1.60. The van der Waals surface area contributed by atoms with Gasteiger partial charge in [-0.15, -0.1) is 0 Å². The number of fused-ring (bicyclic) bond motifs is 2. The molecule has 6 aromatic carbocycles. The summed E-state index contributed by atoms with van der Waals surface area (Å²) < 4.78 is 29.9. The van der Waals surface area contributed by atoms with Crippen LogP contribution in [-0.4, -0.2) is 18.8 Å². The molecule has 0 radical (unpaired) electrons. The molecule has 3 aliphatic heterocycles. The van der Waals surface area contributed by atoms with Crippen LogP contribution in [0.5, 0.6) is 34.5 Å². The molecule has 6 heteroatoms. The van der Waals surface area contributed by atoms with E-state index in [4.69, 9.17) is 18.5 Å². The Hall–Kier alpha value is -5.09. The summed E-state index contributed by atoms with van der Waals surface area (Å²) in [6.07, 6.45) is 0. The minimum absolute atomic E-state index is 0.742. The summed E-state index contributed by atoms with van der Waals surface area (Å²) in [7, 11) is 2.39. The molecular weight excluding hydrogens is 577 g/mol. The highest BCUT2D eigenvalue weighted by molar-refractivity contribution is 7.45. The van der Waals surface area contributed by atoms with Gasteiger partial charge in [0.1, 0.15) is 34.5 Å². The van der Waals surface area contributed by atoms with Crippen LogP contribution in [0.3, 0.4) is 0 Å². The van der Waals surface area contributed by atoms with Crippen LogP contribution in [0.15, 0.2) is 133 Å². The zero-order valence-corrected chi connectivity index (χ0v) is 25.6. The Bertz CT molecular complexity index is 1960. The van der Waals surface area contributed by atoms with E-state index in [1.165, 1.54) is 0 Å². The van der Waals surface area contributed by atoms with Crippen molar-refractivity contribution < 1.29 is 18.5 Å². The van der Waals surface area contributed by atoms with Crippen molar-refractivity contribution in [3.8, 4) is 56.8 Å². The number of rotatable bonds is 3. The first-order valence-electron chi connectivity index (χ1n) is 15.0. The fraction of sp³-hybridized carbons (Fsp3) is 0.0769. The first-order valence-corrected chi connectivity index (χ1v) is 16.1. The number of hydrogen-bond donors (Lipinski definition) is 0. The molecule has 0 N–H and O–H groups in total. The van der Waals surface area contributed by atoms with Gasteiger partial charge in [-0.3, -0.25) is 0 Å². The maximum atomic E-state index is 7.15. The van der Waals surface area contributed by atoms with Crippen molar-refractivity contribution in [2.45, 2.75) is 5.41 Å². The lowest BCUT2D eigenvalue weighted by molar-refractivity contribution is 0.361. The molecule has 3 heterocycles. The quantitative estimate of drug-likeness (QED) is 0.188. The largest absolute Gasteiger partial charge is 0.457 e. The van der Waals surface area contributed by atoms with Crippen molar-refractivity contribution in [1.82, 2.24) is 4.67 Å². The summed E-state index contributed by atoms with van der Waals surface area (Å²) in [5, 5.41) is 0. The maximum Gasteiger partial charge on any atom is 0.384 e. The molecule has 0 atom stereocenters. The van der Waals surface area contributed by atoms with Gasteiger partial charge in [-0.25, -0.2) is 4.67 Å². The second kappa shape index (κ2) is 9.97.